The van der Waals surface area contributed by atoms with E-state index in [1.165, 1.54) is 29.9 Å². The highest BCUT2D eigenvalue weighted by Crippen LogP contribution is 2.24. The highest BCUT2D eigenvalue weighted by atomic mass is 15.1. The van der Waals surface area contributed by atoms with Gasteiger partial charge in [-0.25, -0.2) is 0 Å². The van der Waals surface area contributed by atoms with Crippen molar-refractivity contribution in [3.63, 3.8) is 0 Å². The second-order valence-corrected chi connectivity index (χ2v) is 6.19. The van der Waals surface area contributed by atoms with Crippen LogP contribution in [0.3, 0.4) is 0 Å². The molecule has 0 radical (unpaired) electrons. The van der Waals surface area contributed by atoms with Crippen molar-refractivity contribution in [2.45, 2.75) is 13.0 Å². The van der Waals surface area contributed by atoms with Crippen molar-refractivity contribution >= 4 is 11.4 Å². The smallest absolute Gasteiger partial charge is 0.0408 e. The number of likely N-dealkylation sites (tertiary alicyclic amines) is 1. The topological polar surface area (TPSA) is 32.5 Å². The third kappa shape index (κ3) is 3.49. The Hall–Kier alpha value is -1.84. The van der Waals surface area contributed by atoms with Crippen molar-refractivity contribution in [3.8, 4) is 0 Å². The summed E-state index contributed by atoms with van der Waals surface area (Å²) in [6.45, 7) is 4.17. The lowest BCUT2D eigenvalue weighted by molar-refractivity contribution is 0.318. The van der Waals surface area contributed by atoms with Crippen molar-refractivity contribution in [3.05, 3.63) is 60.2 Å². The molecule has 0 spiro atoms. The molecule has 3 heteroatoms. The fourth-order valence-corrected chi connectivity index (χ4v) is 3.13. The summed E-state index contributed by atoms with van der Waals surface area (Å²) in [5.41, 5.74) is 9.57. The van der Waals surface area contributed by atoms with Gasteiger partial charge in [0.1, 0.15) is 0 Å². The first-order valence-electron chi connectivity index (χ1n) is 8.06. The number of benzene rings is 2. The van der Waals surface area contributed by atoms with Crippen molar-refractivity contribution in [1.82, 2.24) is 4.90 Å². The number of nitrogens with two attached hydrogens (primary N) is 1. The Kier molecular flexibility index (Phi) is 4.76. The van der Waals surface area contributed by atoms with E-state index in [1.807, 2.05) is 6.07 Å². The molecule has 0 saturated carbocycles. The van der Waals surface area contributed by atoms with E-state index in [9.17, 15) is 0 Å². The SMILES string of the molecule is CN(c1ccccc1)c1ccc(CN2CC[C@@H](CN)C2)cc1. The molecule has 0 amide bonds. The second-order valence-electron chi connectivity index (χ2n) is 6.19. The molecular weight excluding hydrogens is 270 g/mol. The first kappa shape index (κ1) is 15.1. The van der Waals surface area contributed by atoms with Crippen LogP contribution in [0.25, 0.3) is 0 Å². The molecule has 2 aromatic rings. The summed E-state index contributed by atoms with van der Waals surface area (Å²) in [5.74, 6) is 0.684. The molecule has 0 unspecified atom stereocenters. The quantitative estimate of drug-likeness (QED) is 0.919. The number of hydrogen-bond acceptors (Lipinski definition) is 3. The van der Waals surface area contributed by atoms with Gasteiger partial charge in [0.15, 0.2) is 0 Å². The normalized spacial score (nSPS) is 18.5. The van der Waals surface area contributed by atoms with Gasteiger partial charge >= 0.3 is 0 Å². The molecule has 1 atom stereocenters. The van der Waals surface area contributed by atoms with Gasteiger partial charge in [-0.05, 0) is 55.3 Å². The highest BCUT2D eigenvalue weighted by Gasteiger charge is 2.20. The van der Waals surface area contributed by atoms with Crippen molar-refractivity contribution in [2.75, 3.05) is 31.6 Å². The molecule has 0 bridgehead atoms. The summed E-state index contributed by atoms with van der Waals surface area (Å²) in [5, 5.41) is 0. The molecule has 1 aliphatic heterocycles. The summed E-state index contributed by atoms with van der Waals surface area (Å²) in [4.78, 5) is 4.72. The maximum Gasteiger partial charge on any atom is 0.0408 e. The third-order valence-electron chi connectivity index (χ3n) is 4.58. The van der Waals surface area contributed by atoms with Gasteiger partial charge in [-0.1, -0.05) is 30.3 Å². The molecule has 1 aliphatic rings. The van der Waals surface area contributed by atoms with Crippen LogP contribution in [0, 0.1) is 5.92 Å². The number of rotatable bonds is 5. The van der Waals surface area contributed by atoms with Crippen LogP contribution in [0.5, 0.6) is 0 Å². The molecule has 3 nitrogen and oxygen atoms in total. The van der Waals surface area contributed by atoms with Gasteiger partial charge < -0.3 is 10.6 Å². The van der Waals surface area contributed by atoms with Crippen LogP contribution in [0.2, 0.25) is 0 Å². The Morgan fingerprint density at radius 1 is 1.05 bits per heavy atom. The zero-order valence-corrected chi connectivity index (χ0v) is 13.3. The van der Waals surface area contributed by atoms with E-state index in [0.29, 0.717) is 5.92 Å². The number of nitrogens with zero attached hydrogens (tertiary/aromatic N) is 2. The van der Waals surface area contributed by atoms with Crippen LogP contribution in [-0.2, 0) is 6.54 Å². The Morgan fingerprint density at radius 2 is 1.73 bits per heavy atom. The van der Waals surface area contributed by atoms with Gasteiger partial charge in [0.05, 0.1) is 0 Å². The first-order chi connectivity index (χ1) is 10.8. The second kappa shape index (κ2) is 6.95. The summed E-state index contributed by atoms with van der Waals surface area (Å²) in [6, 6.07) is 19.3. The molecule has 1 heterocycles. The molecule has 0 aromatic heterocycles. The fourth-order valence-electron chi connectivity index (χ4n) is 3.13. The first-order valence-corrected chi connectivity index (χ1v) is 8.06. The Labute approximate surface area is 133 Å². The summed E-state index contributed by atoms with van der Waals surface area (Å²) < 4.78 is 0. The van der Waals surface area contributed by atoms with E-state index < -0.39 is 0 Å². The fraction of sp³-hybridized carbons (Fsp3) is 0.368. The molecule has 2 N–H and O–H groups in total. The van der Waals surface area contributed by atoms with E-state index >= 15 is 0 Å². The molecule has 22 heavy (non-hydrogen) atoms. The third-order valence-corrected chi connectivity index (χ3v) is 4.58. The van der Waals surface area contributed by atoms with Crippen LogP contribution >= 0.6 is 0 Å². The lowest BCUT2D eigenvalue weighted by atomic mass is 10.1. The van der Waals surface area contributed by atoms with Crippen molar-refractivity contribution in [1.29, 1.82) is 0 Å². The van der Waals surface area contributed by atoms with Crippen LogP contribution < -0.4 is 10.6 Å². The van der Waals surface area contributed by atoms with Crippen molar-refractivity contribution in [2.24, 2.45) is 11.7 Å². The Bertz CT molecular complexity index is 579. The largest absolute Gasteiger partial charge is 0.345 e. The van der Waals surface area contributed by atoms with Gasteiger partial charge in [0, 0.05) is 31.5 Å². The molecule has 3 rings (SSSR count). The number of anilines is 2. The summed E-state index contributed by atoms with van der Waals surface area (Å²) in [6.07, 6.45) is 1.24. The van der Waals surface area contributed by atoms with E-state index in [4.69, 9.17) is 5.73 Å². The van der Waals surface area contributed by atoms with Gasteiger partial charge in [-0.2, -0.15) is 0 Å². The van der Waals surface area contributed by atoms with Gasteiger partial charge in [0.2, 0.25) is 0 Å². The Morgan fingerprint density at radius 3 is 2.36 bits per heavy atom. The zero-order chi connectivity index (χ0) is 15.4. The van der Waals surface area contributed by atoms with Crippen LogP contribution in [0.4, 0.5) is 11.4 Å². The predicted molar refractivity (Wildman–Crippen MR) is 93.4 cm³/mol. The van der Waals surface area contributed by atoms with E-state index in [-0.39, 0.29) is 0 Å². The average Bonchev–Trinajstić information content (AvgIpc) is 3.03. The molecule has 0 aliphatic carbocycles. The minimum absolute atomic E-state index is 0.684. The van der Waals surface area contributed by atoms with Crippen LogP contribution in [0.1, 0.15) is 12.0 Å². The molecular formula is C19H25N3. The molecule has 1 fully saturated rings. The molecule has 2 aromatic carbocycles. The van der Waals surface area contributed by atoms with E-state index in [2.05, 4.69) is 65.4 Å². The predicted octanol–water partition coefficient (Wildman–Crippen LogP) is 3.24. The number of para-hydroxylation sites is 1. The van der Waals surface area contributed by atoms with Gasteiger partial charge in [0.25, 0.3) is 0 Å². The zero-order valence-electron chi connectivity index (χ0n) is 13.3. The van der Waals surface area contributed by atoms with Crippen LogP contribution in [-0.4, -0.2) is 31.6 Å². The van der Waals surface area contributed by atoms with E-state index in [0.717, 1.165) is 19.6 Å². The Balaban J connectivity index is 1.63. The summed E-state index contributed by atoms with van der Waals surface area (Å²) in [7, 11) is 2.11. The minimum Gasteiger partial charge on any atom is -0.345 e. The lowest BCUT2D eigenvalue weighted by Crippen LogP contribution is -2.22. The molecule has 116 valence electrons. The lowest BCUT2D eigenvalue weighted by Gasteiger charge is -2.20. The van der Waals surface area contributed by atoms with Gasteiger partial charge in [-0.3, -0.25) is 4.90 Å². The van der Waals surface area contributed by atoms with Gasteiger partial charge in [-0.15, -0.1) is 0 Å². The maximum absolute atomic E-state index is 5.77. The van der Waals surface area contributed by atoms with Crippen molar-refractivity contribution < 1.29 is 0 Å². The molecule has 1 saturated heterocycles. The maximum atomic E-state index is 5.77. The average molecular weight is 295 g/mol. The summed E-state index contributed by atoms with van der Waals surface area (Å²) >= 11 is 0. The monoisotopic (exact) mass is 295 g/mol. The van der Waals surface area contributed by atoms with E-state index in [1.54, 1.807) is 0 Å². The standard InChI is InChI=1S/C19H25N3/c1-21(18-5-3-2-4-6-18)19-9-7-16(8-10-19)14-22-12-11-17(13-20)15-22/h2-10,17H,11-15,20H2,1H3/t17-/m0/s1. The number of hydrogen-bond donors (Lipinski definition) is 1. The van der Waals surface area contributed by atoms with Crippen LogP contribution in [0.15, 0.2) is 54.6 Å². The highest BCUT2D eigenvalue weighted by molar-refractivity contribution is 5.62. The minimum atomic E-state index is 0.684.